The van der Waals surface area contributed by atoms with Crippen LogP contribution in [0.2, 0.25) is 0 Å². The number of carbonyl (C=O) groups is 4. The number of nitrogens with one attached hydrogen (secondary N) is 1. The summed E-state index contributed by atoms with van der Waals surface area (Å²) >= 11 is 0. The first kappa shape index (κ1) is 25.0. The summed E-state index contributed by atoms with van der Waals surface area (Å²) in [5.41, 5.74) is 0.542. The lowest BCUT2D eigenvalue weighted by atomic mass is 10.0. The third kappa shape index (κ3) is 5.63. The minimum Gasteiger partial charge on any atom is -0.458 e. The summed E-state index contributed by atoms with van der Waals surface area (Å²) < 4.78 is 23.6. The second-order valence-corrected chi connectivity index (χ2v) is 7.57. The summed E-state index contributed by atoms with van der Waals surface area (Å²) in [5, 5.41) is 12.6. The number of aliphatic hydroxyl groups is 1. The van der Waals surface area contributed by atoms with Gasteiger partial charge in [0.15, 0.2) is 29.2 Å². The van der Waals surface area contributed by atoms with Crippen LogP contribution in [0.5, 0.6) is 0 Å². The Balaban J connectivity index is 2.08. The molecule has 3 rings (SSSR count). The summed E-state index contributed by atoms with van der Waals surface area (Å²) in [6.45, 7) is 4.18. The second kappa shape index (κ2) is 10.5. The number of ether oxygens (including phenoxy) is 4. The number of nitrogens with zero attached hydrogens (tertiary/aromatic N) is 4. The minimum atomic E-state index is -1.28. The van der Waals surface area contributed by atoms with Gasteiger partial charge in [-0.05, 0) is 0 Å². The highest BCUT2D eigenvalue weighted by atomic mass is 16.6. The third-order valence-corrected chi connectivity index (χ3v) is 4.89. The van der Waals surface area contributed by atoms with Gasteiger partial charge in [-0.25, -0.2) is 15.0 Å². The van der Waals surface area contributed by atoms with Crippen molar-refractivity contribution in [2.45, 2.75) is 64.8 Å². The van der Waals surface area contributed by atoms with Crippen LogP contribution in [0.25, 0.3) is 11.2 Å². The summed E-state index contributed by atoms with van der Waals surface area (Å²) in [7, 11) is 0. The third-order valence-electron chi connectivity index (χ3n) is 4.89. The van der Waals surface area contributed by atoms with E-state index in [-0.39, 0.29) is 29.3 Å². The quantitative estimate of drug-likeness (QED) is 0.414. The molecule has 1 unspecified atom stereocenters. The van der Waals surface area contributed by atoms with Gasteiger partial charge >= 0.3 is 17.9 Å². The van der Waals surface area contributed by atoms with Crippen molar-refractivity contribution in [1.29, 1.82) is 0 Å². The molecular formula is C20H25N5O9. The molecule has 3 heterocycles. The lowest BCUT2D eigenvalue weighted by Crippen LogP contribution is -2.50. The summed E-state index contributed by atoms with van der Waals surface area (Å²) in [6.07, 6.45) is -3.23. The first-order valence-corrected chi connectivity index (χ1v) is 10.3. The predicted octanol–water partition coefficient (Wildman–Crippen LogP) is -0.140. The molecule has 0 spiro atoms. The topological polar surface area (TPSA) is 181 Å². The minimum absolute atomic E-state index is 0.0727. The summed E-state index contributed by atoms with van der Waals surface area (Å²) in [6, 6.07) is 0. The number of aromatic nitrogens is 4. The molecule has 1 aliphatic rings. The molecule has 1 saturated heterocycles. The first-order chi connectivity index (χ1) is 16.1. The van der Waals surface area contributed by atoms with E-state index in [1.54, 1.807) is 0 Å². The Morgan fingerprint density at radius 3 is 2.26 bits per heavy atom. The van der Waals surface area contributed by atoms with Crippen LogP contribution < -0.4 is 5.32 Å². The van der Waals surface area contributed by atoms with Gasteiger partial charge in [0, 0.05) is 34.1 Å². The van der Waals surface area contributed by atoms with E-state index in [4.69, 9.17) is 18.9 Å². The fraction of sp³-hybridized carbons (Fsp3) is 0.550. The molecule has 14 heteroatoms. The molecule has 0 aliphatic carbocycles. The number of hydrogen-bond donors (Lipinski definition) is 2. The molecule has 0 aromatic carbocycles. The van der Waals surface area contributed by atoms with Gasteiger partial charge in [0.2, 0.25) is 5.91 Å². The molecule has 0 saturated carbocycles. The van der Waals surface area contributed by atoms with Crippen LogP contribution in [0.4, 0.5) is 5.82 Å². The van der Waals surface area contributed by atoms with Gasteiger partial charge in [0.1, 0.15) is 24.8 Å². The Hall–Kier alpha value is -3.65. The molecule has 2 N–H and O–H groups in total. The van der Waals surface area contributed by atoms with Gasteiger partial charge < -0.3 is 29.4 Å². The van der Waals surface area contributed by atoms with Crippen molar-refractivity contribution in [2.24, 2.45) is 0 Å². The fourth-order valence-corrected chi connectivity index (χ4v) is 3.74. The van der Waals surface area contributed by atoms with Crippen LogP contribution in [0, 0.1) is 0 Å². The van der Waals surface area contributed by atoms with Crippen LogP contribution in [-0.4, -0.2) is 79.5 Å². The Kier molecular flexibility index (Phi) is 7.73. The van der Waals surface area contributed by atoms with Crippen molar-refractivity contribution in [3.63, 3.8) is 0 Å². The number of hydrogen-bond acceptors (Lipinski definition) is 12. The van der Waals surface area contributed by atoms with Gasteiger partial charge in [0.25, 0.3) is 0 Å². The molecule has 2 aromatic heterocycles. The maximum atomic E-state index is 11.8. The second-order valence-electron chi connectivity index (χ2n) is 7.57. The zero-order valence-corrected chi connectivity index (χ0v) is 19.0. The van der Waals surface area contributed by atoms with E-state index in [1.807, 2.05) is 0 Å². The van der Waals surface area contributed by atoms with E-state index in [0.29, 0.717) is 0 Å². The normalized spacial score (nSPS) is 24.7. The van der Waals surface area contributed by atoms with Crippen LogP contribution in [0.3, 0.4) is 0 Å². The lowest BCUT2D eigenvalue weighted by molar-refractivity contribution is -0.191. The lowest BCUT2D eigenvalue weighted by Gasteiger charge is -2.31. The van der Waals surface area contributed by atoms with Crippen molar-refractivity contribution in [3.05, 3.63) is 12.7 Å². The molecule has 1 aliphatic heterocycles. The van der Waals surface area contributed by atoms with Gasteiger partial charge in [-0.3, -0.25) is 23.7 Å². The van der Waals surface area contributed by atoms with Gasteiger partial charge in [0.05, 0.1) is 12.9 Å². The first-order valence-electron chi connectivity index (χ1n) is 10.3. The van der Waals surface area contributed by atoms with Gasteiger partial charge in [-0.2, -0.15) is 0 Å². The smallest absolute Gasteiger partial charge is 0.303 e. The zero-order valence-electron chi connectivity index (χ0n) is 19.0. The molecule has 0 bridgehead atoms. The Labute approximate surface area is 193 Å². The molecule has 2 aromatic rings. The van der Waals surface area contributed by atoms with Crippen LogP contribution >= 0.6 is 0 Å². The number of fused-ring (bicyclic) bond motifs is 1. The van der Waals surface area contributed by atoms with Crippen molar-refractivity contribution < 1.29 is 43.2 Å². The summed E-state index contributed by atoms with van der Waals surface area (Å²) in [4.78, 5) is 59.4. The monoisotopic (exact) mass is 479 g/mol. The molecular weight excluding hydrogens is 454 g/mol. The fourth-order valence-electron chi connectivity index (χ4n) is 3.74. The Bertz CT molecular complexity index is 1090. The van der Waals surface area contributed by atoms with Crippen molar-refractivity contribution in [2.75, 3.05) is 11.9 Å². The number of imidazole rings is 1. The molecule has 184 valence electrons. The number of anilines is 1. The standard InChI is InChI=1S/C20H25N5O9/c1-9(27)24-19-16-20(22-7-21-19)25(8-23-16)15-5-13(31-10(2)28)17(32-11(3)29)18(33-12(4)30)14(6-26)34-15/h7-8,13-15,17-18,26H,5-6H2,1-4H3,(H,21,22,24,27)/t13?,14-,15-,17+,18-/m1/s1. The molecule has 1 fully saturated rings. The molecule has 14 nitrogen and oxygen atoms in total. The van der Waals surface area contributed by atoms with E-state index in [1.165, 1.54) is 31.1 Å². The van der Waals surface area contributed by atoms with Crippen LogP contribution in [0.15, 0.2) is 12.7 Å². The molecule has 34 heavy (non-hydrogen) atoms. The average Bonchev–Trinajstić information content (AvgIpc) is 3.12. The molecule has 1 amide bonds. The van der Waals surface area contributed by atoms with Crippen LogP contribution in [-0.2, 0) is 38.1 Å². The molecule has 0 radical (unpaired) electrons. The summed E-state index contributed by atoms with van der Waals surface area (Å²) in [5.74, 6) is -2.28. The van der Waals surface area contributed by atoms with E-state index >= 15 is 0 Å². The van der Waals surface area contributed by atoms with Crippen molar-refractivity contribution in [3.8, 4) is 0 Å². The SMILES string of the molecule is CC(=O)Nc1ncnc2c1ncn2[C@H]1CC(OC(C)=O)[C@H](OC(C)=O)[C@H](OC(C)=O)[C@@H](CO)O1. The van der Waals surface area contributed by atoms with E-state index in [9.17, 15) is 24.3 Å². The number of amides is 1. The van der Waals surface area contributed by atoms with Crippen molar-refractivity contribution in [1.82, 2.24) is 19.5 Å². The van der Waals surface area contributed by atoms with E-state index < -0.39 is 55.2 Å². The number of aliphatic hydroxyl groups excluding tert-OH is 1. The zero-order chi connectivity index (χ0) is 25.0. The van der Waals surface area contributed by atoms with Gasteiger partial charge in [-0.1, -0.05) is 0 Å². The number of esters is 3. The highest BCUT2D eigenvalue weighted by Gasteiger charge is 2.47. The predicted molar refractivity (Wildman–Crippen MR) is 112 cm³/mol. The average molecular weight is 479 g/mol. The van der Waals surface area contributed by atoms with Crippen molar-refractivity contribution >= 4 is 40.8 Å². The maximum absolute atomic E-state index is 11.8. The Morgan fingerprint density at radius 2 is 1.68 bits per heavy atom. The van der Waals surface area contributed by atoms with E-state index in [0.717, 1.165) is 13.8 Å². The van der Waals surface area contributed by atoms with E-state index in [2.05, 4.69) is 20.3 Å². The highest BCUT2D eigenvalue weighted by Crippen LogP contribution is 2.34. The van der Waals surface area contributed by atoms with Gasteiger partial charge in [-0.15, -0.1) is 0 Å². The number of rotatable bonds is 6. The Morgan fingerprint density at radius 1 is 1.03 bits per heavy atom. The van der Waals surface area contributed by atoms with Crippen LogP contribution in [0.1, 0.15) is 40.3 Å². The highest BCUT2D eigenvalue weighted by molar-refractivity contribution is 5.95. The molecule has 5 atom stereocenters. The largest absolute Gasteiger partial charge is 0.458 e. The maximum Gasteiger partial charge on any atom is 0.303 e. The number of carbonyl (C=O) groups excluding carboxylic acids is 4.